The molecule has 2 heterocycles. The molecule has 0 radical (unpaired) electrons. The number of carbonyl (C=O) groups is 1. The van der Waals surface area contributed by atoms with E-state index in [2.05, 4.69) is 11.8 Å². The van der Waals surface area contributed by atoms with Crippen LogP contribution in [0.3, 0.4) is 0 Å². The molecule has 0 aromatic heterocycles. The fourth-order valence-electron chi connectivity index (χ4n) is 3.60. The van der Waals surface area contributed by atoms with Gasteiger partial charge >= 0.3 is 5.97 Å². The molecule has 3 rings (SSSR count). The maximum Gasteiger partial charge on any atom is 0.341 e. The Balaban J connectivity index is 1.59. The second-order valence-corrected chi connectivity index (χ2v) is 7.50. The quantitative estimate of drug-likeness (QED) is 0.580. The number of nitrogens with zero attached hydrogens (tertiary/aromatic N) is 1. The number of esters is 1. The van der Waals surface area contributed by atoms with E-state index in [4.69, 9.17) is 26.8 Å². The highest BCUT2D eigenvalue weighted by Crippen LogP contribution is 2.39. The zero-order chi connectivity index (χ0) is 18.7. The molecule has 3 N–H and O–H groups in total. The van der Waals surface area contributed by atoms with Crippen molar-refractivity contribution in [3.63, 3.8) is 0 Å². The molecule has 1 saturated heterocycles. The van der Waals surface area contributed by atoms with Gasteiger partial charge in [0.05, 0.1) is 30.0 Å². The van der Waals surface area contributed by atoms with Gasteiger partial charge in [0.1, 0.15) is 11.3 Å². The Bertz CT molecular complexity index is 667. The minimum atomic E-state index is -0.481. The summed E-state index contributed by atoms with van der Waals surface area (Å²) < 4.78 is 11.0. The summed E-state index contributed by atoms with van der Waals surface area (Å²) in [4.78, 5) is 14.8. The number of rotatable bonds is 6. The Morgan fingerprint density at radius 3 is 3.08 bits per heavy atom. The molecule has 26 heavy (non-hydrogen) atoms. The molecule has 1 aromatic carbocycles. The van der Waals surface area contributed by atoms with Gasteiger partial charge in [-0.1, -0.05) is 24.9 Å². The number of ether oxygens (including phenoxy) is 2. The van der Waals surface area contributed by atoms with Crippen LogP contribution < -0.4 is 10.5 Å². The van der Waals surface area contributed by atoms with Crippen LogP contribution in [-0.4, -0.2) is 54.9 Å². The molecular weight excluding hydrogens is 356 g/mol. The van der Waals surface area contributed by atoms with Crippen LogP contribution in [0.15, 0.2) is 6.07 Å². The largest absolute Gasteiger partial charge is 0.492 e. The third-order valence-corrected chi connectivity index (χ3v) is 5.57. The number of aliphatic hydroxyl groups is 1. The van der Waals surface area contributed by atoms with E-state index < -0.39 is 12.1 Å². The Hall–Kier alpha value is -1.50. The van der Waals surface area contributed by atoms with E-state index in [-0.39, 0.29) is 12.5 Å². The van der Waals surface area contributed by atoms with Gasteiger partial charge < -0.3 is 25.2 Å². The van der Waals surface area contributed by atoms with Gasteiger partial charge in [0.2, 0.25) is 0 Å². The summed E-state index contributed by atoms with van der Waals surface area (Å²) in [6.07, 6.45) is 3.25. The number of benzene rings is 1. The Labute approximate surface area is 159 Å². The number of nitrogens with two attached hydrogens (primary N) is 1. The lowest BCUT2D eigenvalue weighted by Crippen LogP contribution is -2.45. The highest BCUT2D eigenvalue weighted by molar-refractivity contribution is 6.33. The van der Waals surface area contributed by atoms with Crippen molar-refractivity contribution in [2.45, 2.75) is 38.7 Å². The fraction of sp³-hybridized carbons (Fsp3) is 0.632. The molecule has 0 amide bonds. The number of fused-ring (bicyclic) bond motifs is 1. The van der Waals surface area contributed by atoms with Crippen molar-refractivity contribution in [1.29, 1.82) is 0 Å². The number of unbranched alkanes of at least 4 members (excludes halogenated alkanes) is 1. The van der Waals surface area contributed by atoms with Gasteiger partial charge in [-0.3, -0.25) is 0 Å². The molecule has 0 saturated carbocycles. The van der Waals surface area contributed by atoms with Crippen molar-refractivity contribution in [3.05, 3.63) is 22.2 Å². The molecule has 0 bridgehead atoms. The van der Waals surface area contributed by atoms with Gasteiger partial charge in [-0.15, -0.1) is 0 Å². The zero-order valence-electron chi connectivity index (χ0n) is 15.2. The molecule has 6 nitrogen and oxygen atoms in total. The predicted octanol–water partition coefficient (Wildman–Crippen LogP) is 2.50. The second-order valence-electron chi connectivity index (χ2n) is 7.09. The topological polar surface area (TPSA) is 85.0 Å². The number of hydrogen-bond acceptors (Lipinski definition) is 6. The van der Waals surface area contributed by atoms with Gasteiger partial charge in [-0.2, -0.15) is 0 Å². The fourth-order valence-corrected chi connectivity index (χ4v) is 3.83. The molecule has 7 heteroatoms. The first-order valence-electron chi connectivity index (χ1n) is 9.32. The first kappa shape index (κ1) is 19.3. The number of likely N-dealkylation sites (tertiary alicyclic amines) is 1. The monoisotopic (exact) mass is 382 g/mol. The summed E-state index contributed by atoms with van der Waals surface area (Å²) in [5.41, 5.74) is 7.51. The number of carbonyl (C=O) groups excluding carboxylic acids is 1. The van der Waals surface area contributed by atoms with Crippen molar-refractivity contribution in [3.8, 4) is 5.75 Å². The van der Waals surface area contributed by atoms with Crippen LogP contribution in [0.5, 0.6) is 5.75 Å². The molecule has 2 aliphatic rings. The average molecular weight is 383 g/mol. The first-order chi connectivity index (χ1) is 12.5. The van der Waals surface area contributed by atoms with Crippen LogP contribution in [0, 0.1) is 5.92 Å². The SMILES string of the molecule is CCCCN1CC[C@@H](COC(=O)c2cc(Cl)c(N)c3c2OCC3)[C@H](O)C1. The summed E-state index contributed by atoms with van der Waals surface area (Å²) in [5, 5.41) is 10.7. The third kappa shape index (κ3) is 4.08. The second kappa shape index (κ2) is 8.46. The molecule has 0 unspecified atom stereocenters. The van der Waals surface area contributed by atoms with Crippen LogP contribution in [0.1, 0.15) is 42.1 Å². The summed E-state index contributed by atoms with van der Waals surface area (Å²) in [5.74, 6) is -0.0486. The van der Waals surface area contributed by atoms with Crippen LogP contribution in [0.25, 0.3) is 0 Å². The number of piperidine rings is 1. The zero-order valence-corrected chi connectivity index (χ0v) is 15.9. The minimum absolute atomic E-state index is 0.0463. The maximum atomic E-state index is 12.5. The van der Waals surface area contributed by atoms with E-state index in [1.54, 1.807) is 0 Å². The van der Waals surface area contributed by atoms with Crippen molar-refractivity contribution >= 4 is 23.3 Å². The molecule has 0 spiro atoms. The van der Waals surface area contributed by atoms with Crippen molar-refractivity contribution in [2.24, 2.45) is 5.92 Å². The average Bonchev–Trinajstić information content (AvgIpc) is 3.12. The molecule has 2 aliphatic heterocycles. The van der Waals surface area contributed by atoms with Crippen molar-refractivity contribution in [2.75, 3.05) is 38.6 Å². The lowest BCUT2D eigenvalue weighted by atomic mass is 9.94. The van der Waals surface area contributed by atoms with Crippen LogP contribution in [0.2, 0.25) is 5.02 Å². The normalized spacial score (nSPS) is 22.7. The lowest BCUT2D eigenvalue weighted by Gasteiger charge is -2.35. The number of aliphatic hydroxyl groups excluding tert-OH is 1. The van der Waals surface area contributed by atoms with E-state index in [0.29, 0.717) is 41.6 Å². The van der Waals surface area contributed by atoms with Crippen LogP contribution in [-0.2, 0) is 11.2 Å². The highest BCUT2D eigenvalue weighted by Gasteiger charge is 2.30. The minimum Gasteiger partial charge on any atom is -0.492 e. The molecule has 1 fully saturated rings. The van der Waals surface area contributed by atoms with Gasteiger partial charge in [0, 0.05) is 24.4 Å². The first-order valence-corrected chi connectivity index (χ1v) is 9.70. The van der Waals surface area contributed by atoms with Crippen LogP contribution in [0.4, 0.5) is 5.69 Å². The van der Waals surface area contributed by atoms with Crippen molar-refractivity contribution < 1.29 is 19.4 Å². The molecule has 2 atom stereocenters. The lowest BCUT2D eigenvalue weighted by molar-refractivity contribution is -0.0147. The summed E-state index contributed by atoms with van der Waals surface area (Å²) in [6.45, 7) is 5.40. The Morgan fingerprint density at radius 1 is 1.54 bits per heavy atom. The van der Waals surface area contributed by atoms with E-state index >= 15 is 0 Å². The van der Waals surface area contributed by atoms with Gasteiger partial charge in [-0.25, -0.2) is 4.79 Å². The number of nitrogen functional groups attached to an aromatic ring is 1. The van der Waals surface area contributed by atoms with Gasteiger partial charge in [0.25, 0.3) is 0 Å². The maximum absolute atomic E-state index is 12.5. The van der Waals surface area contributed by atoms with Crippen LogP contribution >= 0.6 is 11.6 Å². The van der Waals surface area contributed by atoms with E-state index in [0.717, 1.165) is 37.9 Å². The Kier molecular flexibility index (Phi) is 6.27. The number of anilines is 1. The van der Waals surface area contributed by atoms with Gasteiger partial charge in [0.15, 0.2) is 0 Å². The number of halogens is 1. The summed E-state index contributed by atoms with van der Waals surface area (Å²) >= 11 is 6.14. The summed E-state index contributed by atoms with van der Waals surface area (Å²) in [6, 6.07) is 1.51. The molecule has 1 aromatic rings. The van der Waals surface area contributed by atoms with E-state index in [1.807, 2.05) is 0 Å². The predicted molar refractivity (Wildman–Crippen MR) is 101 cm³/mol. The van der Waals surface area contributed by atoms with Gasteiger partial charge in [-0.05, 0) is 32.0 Å². The summed E-state index contributed by atoms with van der Waals surface area (Å²) in [7, 11) is 0. The highest BCUT2D eigenvalue weighted by atomic mass is 35.5. The number of β-amino-alcohol motifs (C(OH)–C–C–N with tert-alkyl or cyclic N) is 1. The standard InChI is InChI=1S/C19H27ClN2O4/c1-2-3-6-22-7-4-12(16(23)10-22)11-26-19(24)14-9-15(20)17(21)13-5-8-25-18(13)14/h9,12,16,23H,2-8,10-11,21H2,1H3/t12-,16+/m0/s1. The van der Waals surface area contributed by atoms with Crippen molar-refractivity contribution in [1.82, 2.24) is 4.90 Å². The smallest absolute Gasteiger partial charge is 0.341 e. The molecule has 144 valence electrons. The Morgan fingerprint density at radius 2 is 2.35 bits per heavy atom. The molecular formula is C19H27ClN2O4. The molecule has 0 aliphatic carbocycles. The van der Waals surface area contributed by atoms with E-state index in [1.165, 1.54) is 6.07 Å². The third-order valence-electron chi connectivity index (χ3n) is 5.25. The number of hydrogen-bond donors (Lipinski definition) is 2. The van der Waals surface area contributed by atoms with E-state index in [9.17, 15) is 9.90 Å².